The van der Waals surface area contributed by atoms with Crippen LogP contribution in [0.2, 0.25) is 0 Å². The number of rotatable bonds is 7. The van der Waals surface area contributed by atoms with Crippen molar-refractivity contribution in [1.82, 2.24) is 40.4 Å². The van der Waals surface area contributed by atoms with Crippen molar-refractivity contribution in [3.05, 3.63) is 66.9 Å². The normalized spacial score (nSPS) is 14.2. The maximum atomic E-state index is 16.0. The van der Waals surface area contributed by atoms with Gasteiger partial charge in [-0.05, 0) is 49.1 Å². The monoisotopic (exact) mass is 508 g/mol. The molecule has 190 valence electrons. The summed E-state index contributed by atoms with van der Waals surface area (Å²) in [6.45, 7) is 1.68. The number of fused-ring (bicyclic) bond motifs is 2. The highest BCUT2D eigenvalue weighted by Gasteiger charge is 2.22. The SMILES string of the molecule is Fc1c(-c2cncc(CNCC3CCCC3)c2)ncc2[nH]nc(-c3nc4nccc(-c5ccoc5)c4[nH]3)c12. The van der Waals surface area contributed by atoms with E-state index >= 15 is 4.39 Å². The molecule has 9 nitrogen and oxygen atoms in total. The van der Waals surface area contributed by atoms with Gasteiger partial charge in [0.05, 0.1) is 35.1 Å². The van der Waals surface area contributed by atoms with E-state index in [4.69, 9.17) is 4.42 Å². The van der Waals surface area contributed by atoms with Crippen molar-refractivity contribution in [3.8, 4) is 33.9 Å². The Bertz CT molecular complexity index is 1730. The molecule has 0 aliphatic heterocycles. The largest absolute Gasteiger partial charge is 0.472 e. The molecule has 0 unspecified atom stereocenters. The van der Waals surface area contributed by atoms with Gasteiger partial charge in [0.1, 0.15) is 11.4 Å². The third kappa shape index (κ3) is 4.03. The van der Waals surface area contributed by atoms with Gasteiger partial charge in [-0.1, -0.05) is 12.8 Å². The number of H-pyrrole nitrogens is 2. The quantitative estimate of drug-likeness (QED) is 0.255. The second-order valence-electron chi connectivity index (χ2n) is 9.80. The number of hydrogen-bond acceptors (Lipinski definition) is 7. The second-order valence-corrected chi connectivity index (χ2v) is 9.80. The number of pyridine rings is 3. The lowest BCUT2D eigenvalue weighted by molar-refractivity contribution is 0.489. The predicted octanol–water partition coefficient (Wildman–Crippen LogP) is 5.64. The van der Waals surface area contributed by atoms with Crippen LogP contribution in [0.3, 0.4) is 0 Å². The van der Waals surface area contributed by atoms with Crippen molar-refractivity contribution in [3.63, 3.8) is 0 Å². The van der Waals surface area contributed by atoms with E-state index in [1.54, 1.807) is 31.1 Å². The lowest BCUT2D eigenvalue weighted by Gasteiger charge is -2.11. The Balaban J connectivity index is 1.23. The summed E-state index contributed by atoms with van der Waals surface area (Å²) in [6.07, 6.45) is 15.2. The number of aromatic nitrogens is 7. The number of furan rings is 1. The van der Waals surface area contributed by atoms with Gasteiger partial charge in [0.15, 0.2) is 17.3 Å². The van der Waals surface area contributed by atoms with Crippen molar-refractivity contribution in [2.24, 2.45) is 5.92 Å². The summed E-state index contributed by atoms with van der Waals surface area (Å²) < 4.78 is 21.3. The zero-order valence-corrected chi connectivity index (χ0v) is 20.5. The van der Waals surface area contributed by atoms with Gasteiger partial charge in [0, 0.05) is 41.8 Å². The van der Waals surface area contributed by atoms with Gasteiger partial charge in [-0.15, -0.1) is 0 Å². The van der Waals surface area contributed by atoms with E-state index in [0.717, 1.165) is 34.7 Å². The highest BCUT2D eigenvalue weighted by molar-refractivity contribution is 5.97. The molecule has 0 amide bonds. The first-order chi connectivity index (χ1) is 18.7. The van der Waals surface area contributed by atoms with E-state index in [1.165, 1.54) is 25.7 Å². The molecular formula is C28H25FN8O. The number of aromatic amines is 2. The number of imidazole rings is 1. The molecule has 0 bridgehead atoms. The Labute approximate surface area is 217 Å². The summed E-state index contributed by atoms with van der Waals surface area (Å²) >= 11 is 0. The average molecular weight is 509 g/mol. The average Bonchev–Trinajstić information content (AvgIpc) is 3.75. The van der Waals surface area contributed by atoms with E-state index in [1.807, 2.05) is 24.4 Å². The zero-order valence-electron chi connectivity index (χ0n) is 20.5. The molecule has 3 N–H and O–H groups in total. The highest BCUT2D eigenvalue weighted by Crippen LogP contribution is 2.34. The Kier molecular flexibility index (Phi) is 5.66. The summed E-state index contributed by atoms with van der Waals surface area (Å²) in [4.78, 5) is 21.0. The zero-order chi connectivity index (χ0) is 25.5. The molecule has 6 aromatic rings. The van der Waals surface area contributed by atoms with E-state index in [-0.39, 0.29) is 5.69 Å². The van der Waals surface area contributed by atoms with Crippen molar-refractivity contribution in [2.45, 2.75) is 32.2 Å². The molecule has 6 heterocycles. The van der Waals surface area contributed by atoms with Crippen LogP contribution < -0.4 is 5.32 Å². The summed E-state index contributed by atoms with van der Waals surface area (Å²) in [5.41, 5.74) is 5.67. The molecule has 0 saturated heterocycles. The summed E-state index contributed by atoms with van der Waals surface area (Å²) in [6, 6.07) is 5.68. The van der Waals surface area contributed by atoms with Gasteiger partial charge in [-0.3, -0.25) is 15.1 Å². The third-order valence-electron chi connectivity index (χ3n) is 7.30. The molecule has 1 fully saturated rings. The topological polar surface area (TPSA) is 121 Å². The highest BCUT2D eigenvalue weighted by atomic mass is 19.1. The molecule has 1 saturated carbocycles. The van der Waals surface area contributed by atoms with Gasteiger partial charge >= 0.3 is 0 Å². The first-order valence-corrected chi connectivity index (χ1v) is 12.8. The summed E-state index contributed by atoms with van der Waals surface area (Å²) in [5.74, 6) is 0.678. The van der Waals surface area contributed by atoms with Gasteiger partial charge in [0.25, 0.3) is 0 Å². The van der Waals surface area contributed by atoms with E-state index in [9.17, 15) is 0 Å². The van der Waals surface area contributed by atoms with Gasteiger partial charge < -0.3 is 14.7 Å². The molecule has 10 heteroatoms. The van der Waals surface area contributed by atoms with Crippen molar-refractivity contribution < 1.29 is 8.81 Å². The van der Waals surface area contributed by atoms with Gasteiger partial charge in [-0.2, -0.15) is 5.10 Å². The fourth-order valence-corrected chi connectivity index (χ4v) is 5.38. The molecule has 0 radical (unpaired) electrons. The lowest BCUT2D eigenvalue weighted by Crippen LogP contribution is -2.20. The summed E-state index contributed by atoms with van der Waals surface area (Å²) in [7, 11) is 0. The smallest absolute Gasteiger partial charge is 0.178 e. The predicted molar refractivity (Wildman–Crippen MR) is 141 cm³/mol. The Hall–Kier alpha value is -4.44. The number of hydrogen-bond donors (Lipinski definition) is 3. The molecule has 1 aliphatic rings. The van der Waals surface area contributed by atoms with E-state index in [0.29, 0.717) is 40.2 Å². The van der Waals surface area contributed by atoms with Crippen LogP contribution in [-0.2, 0) is 6.54 Å². The Morgan fingerprint density at radius 3 is 2.84 bits per heavy atom. The van der Waals surface area contributed by atoms with Crippen LogP contribution in [0.4, 0.5) is 4.39 Å². The van der Waals surface area contributed by atoms with Crippen LogP contribution in [0.15, 0.2) is 59.9 Å². The first kappa shape index (κ1) is 22.7. The van der Waals surface area contributed by atoms with Crippen molar-refractivity contribution >= 4 is 22.1 Å². The molecule has 6 aromatic heterocycles. The molecule has 1 aliphatic carbocycles. The fraction of sp³-hybridized carbons (Fsp3) is 0.250. The second kappa shape index (κ2) is 9.46. The third-order valence-corrected chi connectivity index (χ3v) is 7.30. The van der Waals surface area contributed by atoms with E-state index < -0.39 is 5.82 Å². The molecule has 7 rings (SSSR count). The minimum Gasteiger partial charge on any atom is -0.472 e. The van der Waals surface area contributed by atoms with Crippen molar-refractivity contribution in [2.75, 3.05) is 6.54 Å². The first-order valence-electron chi connectivity index (χ1n) is 12.8. The van der Waals surface area contributed by atoms with Gasteiger partial charge in [-0.25, -0.2) is 14.4 Å². The maximum Gasteiger partial charge on any atom is 0.178 e. The van der Waals surface area contributed by atoms with Crippen LogP contribution in [-0.4, -0.2) is 41.7 Å². The number of halogens is 1. The van der Waals surface area contributed by atoms with Crippen LogP contribution in [0.5, 0.6) is 0 Å². The Morgan fingerprint density at radius 1 is 1.05 bits per heavy atom. The minimum atomic E-state index is -0.479. The van der Waals surface area contributed by atoms with Crippen LogP contribution >= 0.6 is 0 Å². The molecular weight excluding hydrogens is 483 g/mol. The molecule has 38 heavy (non-hydrogen) atoms. The standard InChI is InChI=1S/C28H25FN8O/c29-23-22-21(14-33-24(23)19-9-17(12-31-13-19)11-30-10-16-3-1-2-4-16)36-37-26(22)28-34-25-20(18-6-8-38-15-18)5-7-32-27(25)35-28/h5-9,12-16,30H,1-4,10-11H2,(H,36,37)(H,32,34,35). The van der Waals surface area contributed by atoms with Crippen molar-refractivity contribution in [1.29, 1.82) is 0 Å². The molecule has 0 spiro atoms. The molecule has 0 aromatic carbocycles. The van der Waals surface area contributed by atoms with Crippen LogP contribution in [0, 0.1) is 11.7 Å². The van der Waals surface area contributed by atoms with Crippen LogP contribution in [0.25, 0.3) is 56.0 Å². The minimum absolute atomic E-state index is 0.221. The maximum absolute atomic E-state index is 16.0. The number of nitrogens with one attached hydrogen (secondary N) is 3. The van der Waals surface area contributed by atoms with Gasteiger partial charge in [0.2, 0.25) is 0 Å². The van der Waals surface area contributed by atoms with Crippen LogP contribution in [0.1, 0.15) is 31.2 Å². The summed E-state index contributed by atoms with van der Waals surface area (Å²) in [5, 5.41) is 11.1. The lowest BCUT2D eigenvalue weighted by atomic mass is 10.1. The molecule has 0 atom stereocenters. The Morgan fingerprint density at radius 2 is 1.97 bits per heavy atom. The fourth-order valence-electron chi connectivity index (χ4n) is 5.38. The number of nitrogens with zero attached hydrogens (tertiary/aromatic N) is 5. The van der Waals surface area contributed by atoms with E-state index in [2.05, 4.69) is 40.4 Å².